The lowest BCUT2D eigenvalue weighted by molar-refractivity contribution is 1.26. The molecule has 0 atom stereocenters. The molecule has 1 aromatic carbocycles. The summed E-state index contributed by atoms with van der Waals surface area (Å²) in [5.74, 6) is 0. The van der Waals surface area contributed by atoms with Crippen LogP contribution in [-0.2, 0) is 0 Å². The third-order valence-electron chi connectivity index (χ3n) is 1.86. The van der Waals surface area contributed by atoms with Crippen molar-refractivity contribution in [3.8, 4) is 0 Å². The maximum atomic E-state index is 5.79. The van der Waals surface area contributed by atoms with Crippen molar-refractivity contribution in [2.45, 2.75) is 13.3 Å². The molecule has 0 amide bonds. The molecule has 0 saturated carbocycles. The zero-order chi connectivity index (χ0) is 9.68. The van der Waals surface area contributed by atoms with E-state index in [9.17, 15) is 0 Å². The second-order valence-corrected chi connectivity index (χ2v) is 4.10. The first kappa shape index (κ1) is 10.8. The Hall–Kier alpha value is -0.270. The molecule has 0 saturated heterocycles. The fourth-order valence-corrected chi connectivity index (χ4v) is 1.46. The van der Waals surface area contributed by atoms with Crippen molar-refractivity contribution in [3.05, 3.63) is 40.9 Å². The Balaban J connectivity index is 2.77. The molecular weight excluding hydrogens is 247 g/mol. The number of halogens is 2. The monoisotopic (exact) mass is 258 g/mol. The van der Waals surface area contributed by atoms with Gasteiger partial charge in [0.25, 0.3) is 0 Å². The van der Waals surface area contributed by atoms with Crippen LogP contribution in [0.3, 0.4) is 0 Å². The van der Waals surface area contributed by atoms with Gasteiger partial charge in [0.15, 0.2) is 0 Å². The third kappa shape index (κ3) is 3.53. The Morgan fingerprint density at radius 1 is 1.38 bits per heavy atom. The maximum absolute atomic E-state index is 5.79. The Kier molecular flexibility index (Phi) is 4.54. The van der Waals surface area contributed by atoms with Gasteiger partial charge in [0.1, 0.15) is 0 Å². The number of hydrogen-bond acceptors (Lipinski definition) is 0. The quantitative estimate of drug-likeness (QED) is 0.700. The van der Waals surface area contributed by atoms with Crippen molar-refractivity contribution < 1.29 is 0 Å². The maximum Gasteiger partial charge on any atom is 0.0406 e. The normalized spacial score (nSPS) is 11.8. The van der Waals surface area contributed by atoms with Gasteiger partial charge in [-0.05, 0) is 36.6 Å². The first-order valence-corrected chi connectivity index (χ1v) is 5.72. The summed E-state index contributed by atoms with van der Waals surface area (Å²) >= 11 is 9.19. The topological polar surface area (TPSA) is 0 Å². The first-order chi connectivity index (χ1) is 6.24. The Labute approximate surface area is 92.7 Å². The third-order valence-corrected chi connectivity index (χ3v) is 2.57. The van der Waals surface area contributed by atoms with Crippen LogP contribution in [0.5, 0.6) is 0 Å². The van der Waals surface area contributed by atoms with Crippen molar-refractivity contribution in [1.82, 2.24) is 0 Å². The van der Waals surface area contributed by atoms with Crippen molar-refractivity contribution in [1.29, 1.82) is 0 Å². The van der Waals surface area contributed by atoms with E-state index in [1.165, 1.54) is 11.1 Å². The van der Waals surface area contributed by atoms with Gasteiger partial charge in [-0.25, -0.2) is 0 Å². The molecule has 0 aliphatic heterocycles. The van der Waals surface area contributed by atoms with E-state index < -0.39 is 0 Å². The van der Waals surface area contributed by atoms with Crippen LogP contribution in [0.25, 0.3) is 5.57 Å². The summed E-state index contributed by atoms with van der Waals surface area (Å²) in [4.78, 5) is 0. The fraction of sp³-hybridized carbons (Fsp3) is 0.273. The SMILES string of the molecule is C/C(=C\CCBr)c1ccc(Cl)cc1. The lowest BCUT2D eigenvalue weighted by atomic mass is 10.1. The fourth-order valence-electron chi connectivity index (χ4n) is 1.10. The minimum atomic E-state index is 0.789. The summed E-state index contributed by atoms with van der Waals surface area (Å²) in [6.45, 7) is 2.12. The first-order valence-electron chi connectivity index (χ1n) is 4.22. The number of rotatable bonds is 3. The number of allylic oxidation sites excluding steroid dienone is 2. The predicted molar refractivity (Wildman–Crippen MR) is 63.5 cm³/mol. The molecule has 0 heterocycles. The van der Waals surface area contributed by atoms with Gasteiger partial charge >= 0.3 is 0 Å². The van der Waals surface area contributed by atoms with E-state index in [-0.39, 0.29) is 0 Å². The molecule has 70 valence electrons. The predicted octanol–water partition coefficient (Wildman–Crippen LogP) is 4.53. The van der Waals surface area contributed by atoms with Crippen molar-refractivity contribution in [3.63, 3.8) is 0 Å². The second kappa shape index (κ2) is 5.46. The highest BCUT2D eigenvalue weighted by Crippen LogP contribution is 2.17. The highest BCUT2D eigenvalue weighted by Gasteiger charge is 1.94. The molecule has 0 aliphatic carbocycles. The van der Waals surface area contributed by atoms with Gasteiger partial charge in [0.05, 0.1) is 0 Å². The minimum Gasteiger partial charge on any atom is -0.0925 e. The van der Waals surface area contributed by atoms with Gasteiger partial charge in [-0.1, -0.05) is 45.7 Å². The molecule has 0 radical (unpaired) electrons. The lowest BCUT2D eigenvalue weighted by Gasteiger charge is -2.00. The van der Waals surface area contributed by atoms with Gasteiger partial charge in [0.2, 0.25) is 0 Å². The number of alkyl halides is 1. The number of benzene rings is 1. The smallest absolute Gasteiger partial charge is 0.0406 e. The molecule has 0 aromatic heterocycles. The van der Waals surface area contributed by atoms with Crippen LogP contribution in [0, 0.1) is 0 Å². The molecule has 0 spiro atoms. The van der Waals surface area contributed by atoms with Crippen LogP contribution in [0.15, 0.2) is 30.3 Å². The van der Waals surface area contributed by atoms with Gasteiger partial charge < -0.3 is 0 Å². The molecule has 1 aromatic rings. The van der Waals surface area contributed by atoms with E-state index in [1.807, 2.05) is 24.3 Å². The Morgan fingerprint density at radius 3 is 2.54 bits per heavy atom. The van der Waals surface area contributed by atoms with Crippen LogP contribution in [-0.4, -0.2) is 5.33 Å². The molecular formula is C11H12BrCl. The van der Waals surface area contributed by atoms with Gasteiger partial charge in [-0.3, -0.25) is 0 Å². The largest absolute Gasteiger partial charge is 0.0925 e. The van der Waals surface area contributed by atoms with E-state index >= 15 is 0 Å². The highest BCUT2D eigenvalue weighted by atomic mass is 79.9. The molecule has 0 aliphatic rings. The highest BCUT2D eigenvalue weighted by molar-refractivity contribution is 9.09. The zero-order valence-electron chi connectivity index (χ0n) is 7.56. The summed E-state index contributed by atoms with van der Waals surface area (Å²) in [5, 5.41) is 1.80. The molecule has 2 heteroatoms. The number of hydrogen-bond donors (Lipinski definition) is 0. The van der Waals surface area contributed by atoms with E-state index in [1.54, 1.807) is 0 Å². The Morgan fingerprint density at radius 2 is 2.00 bits per heavy atom. The summed E-state index contributed by atoms with van der Waals surface area (Å²) in [6.07, 6.45) is 3.28. The molecule has 0 nitrogen and oxygen atoms in total. The summed E-state index contributed by atoms with van der Waals surface area (Å²) in [7, 11) is 0. The van der Waals surface area contributed by atoms with Crippen LogP contribution in [0.2, 0.25) is 5.02 Å². The van der Waals surface area contributed by atoms with Gasteiger partial charge in [-0.2, -0.15) is 0 Å². The minimum absolute atomic E-state index is 0.789. The van der Waals surface area contributed by atoms with Crippen LogP contribution in [0.1, 0.15) is 18.9 Å². The van der Waals surface area contributed by atoms with E-state index in [2.05, 4.69) is 28.9 Å². The molecule has 0 unspecified atom stereocenters. The molecule has 0 N–H and O–H groups in total. The second-order valence-electron chi connectivity index (χ2n) is 2.87. The van der Waals surface area contributed by atoms with Crippen molar-refractivity contribution >= 4 is 33.1 Å². The standard InChI is InChI=1S/C11H12BrCl/c1-9(3-2-8-12)10-4-6-11(13)7-5-10/h3-7H,2,8H2,1H3/b9-3+. The molecule has 0 fully saturated rings. The van der Waals surface area contributed by atoms with Crippen molar-refractivity contribution in [2.24, 2.45) is 0 Å². The summed E-state index contributed by atoms with van der Waals surface area (Å²) in [6, 6.07) is 7.93. The Bertz CT molecular complexity index is 287. The molecule has 1 rings (SSSR count). The van der Waals surface area contributed by atoms with E-state index in [0.717, 1.165) is 16.8 Å². The lowest BCUT2D eigenvalue weighted by Crippen LogP contribution is -1.79. The van der Waals surface area contributed by atoms with Crippen LogP contribution in [0.4, 0.5) is 0 Å². The molecule has 13 heavy (non-hydrogen) atoms. The summed E-state index contributed by atoms with van der Waals surface area (Å²) < 4.78 is 0. The zero-order valence-corrected chi connectivity index (χ0v) is 9.90. The average molecular weight is 260 g/mol. The summed E-state index contributed by atoms with van der Waals surface area (Å²) in [5.41, 5.74) is 2.54. The van der Waals surface area contributed by atoms with Crippen molar-refractivity contribution in [2.75, 3.05) is 5.33 Å². The average Bonchev–Trinajstić information content (AvgIpc) is 2.15. The molecule has 0 bridgehead atoms. The van der Waals surface area contributed by atoms with E-state index in [0.29, 0.717) is 0 Å². The van der Waals surface area contributed by atoms with Gasteiger partial charge in [0, 0.05) is 10.4 Å². The van der Waals surface area contributed by atoms with Gasteiger partial charge in [-0.15, -0.1) is 0 Å². The van der Waals surface area contributed by atoms with Crippen LogP contribution >= 0.6 is 27.5 Å². The van der Waals surface area contributed by atoms with E-state index in [4.69, 9.17) is 11.6 Å². The van der Waals surface area contributed by atoms with Crippen LogP contribution < -0.4 is 0 Å².